The van der Waals surface area contributed by atoms with Crippen molar-refractivity contribution in [2.75, 3.05) is 6.54 Å². The SMILES string of the molecule is CCNC=C1C(=O)CC(Sc2ccccc2)CC1=O. The number of ketones is 2. The quantitative estimate of drug-likeness (QED) is 0.677. The maximum Gasteiger partial charge on any atom is 0.169 e. The Kier molecular flexibility index (Phi) is 4.80. The second-order valence-electron chi connectivity index (χ2n) is 4.42. The Labute approximate surface area is 117 Å². The van der Waals surface area contributed by atoms with Crippen molar-refractivity contribution in [1.82, 2.24) is 5.32 Å². The van der Waals surface area contributed by atoms with Gasteiger partial charge < -0.3 is 5.32 Å². The molecule has 4 heteroatoms. The van der Waals surface area contributed by atoms with E-state index in [0.717, 1.165) is 4.90 Å². The summed E-state index contributed by atoms with van der Waals surface area (Å²) in [5.74, 6) is -0.101. The first-order chi connectivity index (χ1) is 9.20. The van der Waals surface area contributed by atoms with E-state index < -0.39 is 0 Å². The first-order valence-electron chi connectivity index (χ1n) is 6.42. The summed E-state index contributed by atoms with van der Waals surface area (Å²) >= 11 is 1.61. The number of carbonyl (C=O) groups is 2. The largest absolute Gasteiger partial charge is 0.390 e. The average Bonchev–Trinajstić information content (AvgIpc) is 2.39. The molecule has 19 heavy (non-hydrogen) atoms. The highest BCUT2D eigenvalue weighted by Gasteiger charge is 2.30. The van der Waals surface area contributed by atoms with Crippen molar-refractivity contribution in [3.05, 3.63) is 42.1 Å². The monoisotopic (exact) mass is 275 g/mol. The first-order valence-corrected chi connectivity index (χ1v) is 7.30. The van der Waals surface area contributed by atoms with E-state index >= 15 is 0 Å². The highest BCUT2D eigenvalue weighted by Crippen LogP contribution is 2.32. The summed E-state index contributed by atoms with van der Waals surface area (Å²) in [6.07, 6.45) is 2.43. The Balaban J connectivity index is 2.02. The van der Waals surface area contributed by atoms with Crippen LogP contribution >= 0.6 is 11.8 Å². The molecule has 1 saturated carbocycles. The van der Waals surface area contributed by atoms with Crippen LogP contribution in [-0.4, -0.2) is 23.4 Å². The van der Waals surface area contributed by atoms with Crippen molar-refractivity contribution < 1.29 is 9.59 Å². The van der Waals surface area contributed by atoms with E-state index in [0.29, 0.717) is 25.0 Å². The molecule has 0 saturated heterocycles. The lowest BCUT2D eigenvalue weighted by Crippen LogP contribution is -2.28. The molecule has 0 amide bonds. The zero-order chi connectivity index (χ0) is 13.7. The lowest BCUT2D eigenvalue weighted by Gasteiger charge is -2.21. The van der Waals surface area contributed by atoms with Crippen LogP contribution in [0.1, 0.15) is 19.8 Å². The minimum atomic E-state index is -0.0503. The van der Waals surface area contributed by atoms with Gasteiger partial charge in [-0.1, -0.05) is 18.2 Å². The zero-order valence-electron chi connectivity index (χ0n) is 10.9. The van der Waals surface area contributed by atoms with Gasteiger partial charge in [-0.15, -0.1) is 11.8 Å². The molecule has 1 N–H and O–H groups in total. The highest BCUT2D eigenvalue weighted by molar-refractivity contribution is 8.00. The fourth-order valence-electron chi connectivity index (χ4n) is 2.00. The predicted molar refractivity (Wildman–Crippen MR) is 77.1 cm³/mol. The van der Waals surface area contributed by atoms with Crippen LogP contribution in [0.15, 0.2) is 47.0 Å². The number of hydrogen-bond donors (Lipinski definition) is 1. The summed E-state index contributed by atoms with van der Waals surface area (Å²) < 4.78 is 0. The predicted octanol–water partition coefficient (Wildman–Crippen LogP) is 2.57. The molecule has 0 aliphatic heterocycles. The number of benzene rings is 1. The third-order valence-electron chi connectivity index (χ3n) is 2.92. The van der Waals surface area contributed by atoms with Gasteiger partial charge in [0, 0.05) is 35.7 Å². The maximum atomic E-state index is 12.0. The third kappa shape index (κ3) is 3.70. The molecule has 0 unspecified atom stereocenters. The van der Waals surface area contributed by atoms with Crippen molar-refractivity contribution in [3.8, 4) is 0 Å². The maximum absolute atomic E-state index is 12.0. The molecule has 1 aliphatic rings. The van der Waals surface area contributed by atoms with E-state index in [2.05, 4.69) is 5.32 Å². The number of allylic oxidation sites excluding steroid dienone is 1. The molecule has 1 fully saturated rings. The number of Topliss-reactive ketones (excluding diaryl/α,β-unsaturated/α-hetero) is 2. The number of rotatable bonds is 4. The Morgan fingerprint density at radius 3 is 2.42 bits per heavy atom. The highest BCUT2D eigenvalue weighted by atomic mass is 32.2. The first kappa shape index (κ1) is 13.9. The van der Waals surface area contributed by atoms with Crippen LogP contribution in [0.5, 0.6) is 0 Å². The Morgan fingerprint density at radius 1 is 1.21 bits per heavy atom. The van der Waals surface area contributed by atoms with E-state index in [-0.39, 0.29) is 16.8 Å². The number of carbonyl (C=O) groups excluding carboxylic acids is 2. The Bertz CT molecular complexity index is 476. The molecule has 0 atom stereocenters. The van der Waals surface area contributed by atoms with E-state index in [1.165, 1.54) is 0 Å². The molecule has 0 radical (unpaired) electrons. The van der Waals surface area contributed by atoms with Crippen LogP contribution in [0.2, 0.25) is 0 Å². The second-order valence-corrected chi connectivity index (χ2v) is 5.80. The van der Waals surface area contributed by atoms with Gasteiger partial charge in [-0.05, 0) is 19.1 Å². The fourth-order valence-corrected chi connectivity index (χ4v) is 3.17. The molecule has 1 aliphatic carbocycles. The number of thioether (sulfide) groups is 1. The summed E-state index contributed by atoms with van der Waals surface area (Å²) in [6, 6.07) is 9.89. The van der Waals surface area contributed by atoms with Crippen LogP contribution in [-0.2, 0) is 9.59 Å². The van der Waals surface area contributed by atoms with Crippen LogP contribution < -0.4 is 5.32 Å². The van der Waals surface area contributed by atoms with Gasteiger partial charge in [0.15, 0.2) is 11.6 Å². The summed E-state index contributed by atoms with van der Waals surface area (Å²) in [6.45, 7) is 2.65. The van der Waals surface area contributed by atoms with Crippen LogP contribution in [0.25, 0.3) is 0 Å². The van der Waals surface area contributed by atoms with Gasteiger partial charge in [0.2, 0.25) is 0 Å². The average molecular weight is 275 g/mol. The smallest absolute Gasteiger partial charge is 0.169 e. The van der Waals surface area contributed by atoms with Gasteiger partial charge >= 0.3 is 0 Å². The van der Waals surface area contributed by atoms with Gasteiger partial charge in [0.05, 0.1) is 5.57 Å². The van der Waals surface area contributed by atoms with Crippen molar-refractivity contribution in [2.24, 2.45) is 0 Å². The Hall–Kier alpha value is -1.55. The van der Waals surface area contributed by atoms with Crippen LogP contribution in [0, 0.1) is 0 Å². The van der Waals surface area contributed by atoms with Crippen molar-refractivity contribution in [2.45, 2.75) is 29.9 Å². The third-order valence-corrected chi connectivity index (χ3v) is 4.13. The van der Waals surface area contributed by atoms with E-state index in [1.54, 1.807) is 18.0 Å². The summed E-state index contributed by atoms with van der Waals surface area (Å²) in [5, 5.41) is 2.99. The molecule has 0 bridgehead atoms. The van der Waals surface area contributed by atoms with Gasteiger partial charge in [0.25, 0.3) is 0 Å². The molecule has 1 aromatic carbocycles. The van der Waals surface area contributed by atoms with E-state index in [1.807, 2.05) is 37.3 Å². The molecule has 2 rings (SSSR count). The fraction of sp³-hybridized carbons (Fsp3) is 0.333. The molecule has 0 spiro atoms. The van der Waals surface area contributed by atoms with Crippen molar-refractivity contribution in [3.63, 3.8) is 0 Å². The topological polar surface area (TPSA) is 46.2 Å². The molecular weight excluding hydrogens is 258 g/mol. The van der Waals surface area contributed by atoms with Gasteiger partial charge in [0.1, 0.15) is 0 Å². The van der Waals surface area contributed by atoms with Crippen LogP contribution in [0.3, 0.4) is 0 Å². The zero-order valence-corrected chi connectivity index (χ0v) is 11.7. The number of nitrogens with one attached hydrogen (secondary N) is 1. The molecule has 3 nitrogen and oxygen atoms in total. The Morgan fingerprint density at radius 2 is 1.84 bits per heavy atom. The van der Waals surface area contributed by atoms with Crippen LogP contribution in [0.4, 0.5) is 0 Å². The van der Waals surface area contributed by atoms with Gasteiger partial charge in [-0.25, -0.2) is 0 Å². The molecule has 0 aromatic heterocycles. The van der Waals surface area contributed by atoms with Crippen molar-refractivity contribution in [1.29, 1.82) is 0 Å². The molecular formula is C15H17NO2S. The lowest BCUT2D eigenvalue weighted by molar-refractivity contribution is -0.123. The standard InChI is InChI=1S/C15H17NO2S/c1-2-16-10-13-14(17)8-12(9-15(13)18)19-11-6-4-3-5-7-11/h3-7,10,12,16H,2,8-9H2,1H3. The second kappa shape index (κ2) is 6.57. The minimum absolute atomic E-state index is 0.0503. The van der Waals surface area contributed by atoms with Gasteiger partial charge in [-0.3, -0.25) is 9.59 Å². The summed E-state index contributed by atoms with van der Waals surface area (Å²) in [4.78, 5) is 25.0. The minimum Gasteiger partial charge on any atom is -0.390 e. The normalized spacial score (nSPS) is 19.4. The molecule has 100 valence electrons. The molecule has 1 aromatic rings. The van der Waals surface area contributed by atoms with E-state index in [9.17, 15) is 9.59 Å². The summed E-state index contributed by atoms with van der Waals surface area (Å²) in [5.41, 5.74) is 0.326. The molecule has 0 heterocycles. The number of hydrogen-bond acceptors (Lipinski definition) is 4. The van der Waals surface area contributed by atoms with Gasteiger partial charge in [-0.2, -0.15) is 0 Å². The lowest BCUT2D eigenvalue weighted by atomic mass is 9.92. The van der Waals surface area contributed by atoms with Crippen molar-refractivity contribution >= 4 is 23.3 Å². The van der Waals surface area contributed by atoms with E-state index in [4.69, 9.17) is 0 Å². The summed E-state index contributed by atoms with van der Waals surface area (Å²) in [7, 11) is 0.